The van der Waals surface area contributed by atoms with Crippen molar-refractivity contribution in [3.05, 3.63) is 29.8 Å². The molecule has 0 radical (unpaired) electrons. The number of primary amides is 1. The Hall–Kier alpha value is -3.30. The predicted octanol–water partition coefficient (Wildman–Crippen LogP) is 4.06. The van der Waals surface area contributed by atoms with Gasteiger partial charge in [-0.1, -0.05) is 51.2 Å². The van der Waals surface area contributed by atoms with Crippen LogP contribution in [0.4, 0.5) is 4.79 Å². The van der Waals surface area contributed by atoms with E-state index in [1.54, 1.807) is 32.9 Å². The number of benzene rings is 1. The highest BCUT2D eigenvalue weighted by atomic mass is 16.6. The first-order chi connectivity index (χ1) is 18.4. The van der Waals surface area contributed by atoms with Crippen molar-refractivity contribution in [2.45, 2.75) is 116 Å². The van der Waals surface area contributed by atoms with Crippen LogP contribution in [0.15, 0.2) is 24.3 Å². The van der Waals surface area contributed by atoms with E-state index in [-0.39, 0.29) is 37.1 Å². The molecule has 39 heavy (non-hydrogen) atoms. The first kappa shape index (κ1) is 31.9. The molecule has 10 heteroatoms. The van der Waals surface area contributed by atoms with Crippen molar-refractivity contribution in [3.63, 3.8) is 0 Å². The fraction of sp³-hybridized carbons (Fsp3) is 0.655. The summed E-state index contributed by atoms with van der Waals surface area (Å²) in [5, 5.41) is 15.9. The van der Waals surface area contributed by atoms with Crippen LogP contribution in [-0.2, 0) is 19.1 Å². The molecule has 4 amide bonds. The zero-order valence-corrected chi connectivity index (χ0v) is 23.8. The number of nitrogens with one attached hydrogen (secondary N) is 2. The number of carbonyl (C=O) groups excluding carboxylic acids is 4. The second-order valence-electron chi connectivity index (χ2n) is 11.3. The van der Waals surface area contributed by atoms with Crippen LogP contribution in [0.1, 0.15) is 104 Å². The number of phenols is 1. The highest BCUT2D eigenvalue weighted by Gasteiger charge is 2.37. The van der Waals surface area contributed by atoms with Crippen molar-refractivity contribution in [3.8, 4) is 5.75 Å². The Labute approximate surface area is 232 Å². The fourth-order valence-corrected chi connectivity index (χ4v) is 4.79. The van der Waals surface area contributed by atoms with E-state index in [0.29, 0.717) is 12.0 Å². The molecule has 0 heterocycles. The number of ether oxygens (including phenoxy) is 1. The number of nitrogens with two attached hydrogens (primary N) is 1. The van der Waals surface area contributed by atoms with Gasteiger partial charge in [-0.05, 0) is 64.2 Å². The van der Waals surface area contributed by atoms with Crippen LogP contribution < -0.4 is 16.4 Å². The van der Waals surface area contributed by atoms with Gasteiger partial charge in [-0.15, -0.1) is 0 Å². The topological polar surface area (TPSA) is 151 Å². The van der Waals surface area contributed by atoms with E-state index in [9.17, 15) is 24.3 Å². The largest absolute Gasteiger partial charge is 0.508 e. The van der Waals surface area contributed by atoms with E-state index in [2.05, 4.69) is 10.6 Å². The molecule has 2 rings (SSSR count). The Morgan fingerprint density at radius 3 is 2.41 bits per heavy atom. The summed E-state index contributed by atoms with van der Waals surface area (Å²) in [5.74, 6) is -1.51. The Morgan fingerprint density at radius 1 is 1.13 bits per heavy atom. The van der Waals surface area contributed by atoms with E-state index in [4.69, 9.17) is 10.5 Å². The van der Waals surface area contributed by atoms with Crippen molar-refractivity contribution in [2.24, 2.45) is 5.73 Å². The van der Waals surface area contributed by atoms with Crippen LogP contribution in [0.2, 0.25) is 0 Å². The Morgan fingerprint density at radius 2 is 1.82 bits per heavy atom. The molecular formula is C29H46N4O6. The molecule has 0 spiro atoms. The summed E-state index contributed by atoms with van der Waals surface area (Å²) in [6.07, 6.45) is 6.26. The number of hydrogen-bond donors (Lipinski definition) is 4. The molecule has 0 aromatic heterocycles. The zero-order valence-electron chi connectivity index (χ0n) is 23.8. The first-order valence-corrected chi connectivity index (χ1v) is 14.1. The summed E-state index contributed by atoms with van der Waals surface area (Å²) < 4.78 is 5.36. The minimum absolute atomic E-state index is 0.00389. The highest BCUT2D eigenvalue weighted by Crippen LogP contribution is 2.28. The number of carbonyl (C=O) groups is 4. The normalized spacial score (nSPS) is 15.6. The number of phenolic OH excluding ortho intramolecular Hbond substituents is 1. The zero-order chi connectivity index (χ0) is 29.0. The van der Waals surface area contributed by atoms with Crippen molar-refractivity contribution in [1.29, 1.82) is 0 Å². The summed E-state index contributed by atoms with van der Waals surface area (Å²) in [6, 6.07) is 4.13. The van der Waals surface area contributed by atoms with E-state index in [1.165, 1.54) is 17.0 Å². The summed E-state index contributed by atoms with van der Waals surface area (Å²) in [5.41, 5.74) is 5.03. The van der Waals surface area contributed by atoms with Crippen LogP contribution in [-0.4, -0.2) is 58.1 Å². The van der Waals surface area contributed by atoms with E-state index in [0.717, 1.165) is 44.9 Å². The van der Waals surface area contributed by atoms with Crippen LogP contribution in [0.25, 0.3) is 0 Å². The maximum Gasteiger partial charge on any atom is 0.408 e. The number of amides is 4. The molecule has 1 fully saturated rings. The third-order valence-corrected chi connectivity index (χ3v) is 6.65. The molecule has 5 N–H and O–H groups in total. The second-order valence-corrected chi connectivity index (χ2v) is 11.3. The molecule has 1 aliphatic rings. The maximum absolute atomic E-state index is 14.1. The lowest BCUT2D eigenvalue weighted by Gasteiger charge is -2.36. The van der Waals surface area contributed by atoms with Crippen LogP contribution in [0, 0.1) is 0 Å². The molecule has 2 unspecified atom stereocenters. The second kappa shape index (κ2) is 15.3. The summed E-state index contributed by atoms with van der Waals surface area (Å²) >= 11 is 0. The van der Waals surface area contributed by atoms with Gasteiger partial charge in [0.2, 0.25) is 17.7 Å². The van der Waals surface area contributed by atoms with Gasteiger partial charge in [0.05, 0.1) is 0 Å². The standard InChI is InChI=1S/C29H46N4O6/c1-5-6-10-18-33(27(37)23(16-17-24(30)35)32-28(38)39-29(2,3)4)25(20-12-11-15-22(34)19-20)26(36)31-21-13-8-7-9-14-21/h11-12,15,19,21,23,25,34H,5-10,13-14,16-18H2,1-4H3,(H2,30,35)(H,31,36)(H,32,38). The van der Waals surface area contributed by atoms with Crippen molar-refractivity contribution in [1.82, 2.24) is 15.5 Å². The molecule has 218 valence electrons. The van der Waals surface area contributed by atoms with Gasteiger partial charge in [0, 0.05) is 19.0 Å². The van der Waals surface area contributed by atoms with Gasteiger partial charge >= 0.3 is 6.09 Å². The smallest absolute Gasteiger partial charge is 0.408 e. The monoisotopic (exact) mass is 546 g/mol. The summed E-state index contributed by atoms with van der Waals surface area (Å²) in [6.45, 7) is 7.40. The molecule has 2 atom stereocenters. The molecule has 0 saturated heterocycles. The van der Waals surface area contributed by atoms with Gasteiger partial charge in [-0.3, -0.25) is 14.4 Å². The highest BCUT2D eigenvalue weighted by molar-refractivity contribution is 5.92. The van der Waals surface area contributed by atoms with Crippen LogP contribution in [0.3, 0.4) is 0 Å². The molecule has 0 bridgehead atoms. The van der Waals surface area contributed by atoms with Gasteiger partial charge in [0.15, 0.2) is 0 Å². The third-order valence-electron chi connectivity index (χ3n) is 6.65. The van der Waals surface area contributed by atoms with E-state index in [1.807, 2.05) is 6.92 Å². The lowest BCUT2D eigenvalue weighted by atomic mass is 9.94. The lowest BCUT2D eigenvalue weighted by molar-refractivity contribution is -0.143. The summed E-state index contributed by atoms with van der Waals surface area (Å²) in [7, 11) is 0. The van der Waals surface area contributed by atoms with Gasteiger partial charge < -0.3 is 31.1 Å². The quantitative estimate of drug-likeness (QED) is 0.274. The van der Waals surface area contributed by atoms with E-state index < -0.39 is 35.6 Å². The number of nitrogens with zero attached hydrogens (tertiary/aromatic N) is 1. The van der Waals surface area contributed by atoms with Gasteiger partial charge in [0.25, 0.3) is 0 Å². The third kappa shape index (κ3) is 11.1. The molecular weight excluding hydrogens is 500 g/mol. The van der Waals surface area contributed by atoms with Crippen molar-refractivity contribution >= 4 is 23.8 Å². The number of rotatable bonds is 13. The predicted molar refractivity (Wildman–Crippen MR) is 149 cm³/mol. The average Bonchev–Trinajstić information content (AvgIpc) is 2.85. The fourth-order valence-electron chi connectivity index (χ4n) is 4.79. The van der Waals surface area contributed by atoms with E-state index >= 15 is 0 Å². The van der Waals surface area contributed by atoms with Crippen LogP contribution in [0.5, 0.6) is 5.75 Å². The first-order valence-electron chi connectivity index (χ1n) is 14.1. The number of unbranched alkanes of at least 4 members (excludes halogenated alkanes) is 2. The average molecular weight is 547 g/mol. The van der Waals surface area contributed by atoms with Gasteiger partial charge in [-0.2, -0.15) is 0 Å². The Kier molecular flexibility index (Phi) is 12.5. The number of aromatic hydroxyl groups is 1. The van der Waals surface area contributed by atoms with Crippen molar-refractivity contribution < 1.29 is 29.0 Å². The molecule has 1 aromatic rings. The maximum atomic E-state index is 14.1. The molecule has 1 aliphatic carbocycles. The number of alkyl carbamates (subject to hydrolysis) is 1. The summed E-state index contributed by atoms with van der Waals surface area (Å²) in [4.78, 5) is 53.6. The number of hydrogen-bond acceptors (Lipinski definition) is 6. The SMILES string of the molecule is CCCCCN(C(=O)C(CCC(N)=O)NC(=O)OC(C)(C)C)C(C(=O)NC1CCCCC1)c1cccc(O)c1. The van der Waals surface area contributed by atoms with Gasteiger partial charge in [-0.25, -0.2) is 4.79 Å². The molecule has 10 nitrogen and oxygen atoms in total. The Balaban J connectivity index is 2.47. The minimum atomic E-state index is -1.14. The molecule has 1 aromatic carbocycles. The minimum Gasteiger partial charge on any atom is -0.508 e. The van der Waals surface area contributed by atoms with Gasteiger partial charge in [0.1, 0.15) is 23.4 Å². The Bertz CT molecular complexity index is 971. The van der Waals surface area contributed by atoms with Crippen LogP contribution >= 0.6 is 0 Å². The lowest BCUT2D eigenvalue weighted by Crippen LogP contribution is -2.54. The van der Waals surface area contributed by atoms with Crippen molar-refractivity contribution in [2.75, 3.05) is 6.54 Å². The molecule has 1 saturated carbocycles. The molecule has 0 aliphatic heterocycles.